The summed E-state index contributed by atoms with van der Waals surface area (Å²) >= 11 is 3.40. The van der Waals surface area contributed by atoms with Gasteiger partial charge in [-0.2, -0.15) is 0 Å². The highest BCUT2D eigenvalue weighted by atomic mass is 79.9. The first-order valence-electron chi connectivity index (χ1n) is 5.98. The summed E-state index contributed by atoms with van der Waals surface area (Å²) in [4.78, 5) is 11.8. The van der Waals surface area contributed by atoms with Gasteiger partial charge in [-0.25, -0.2) is 0 Å². The molecule has 5 nitrogen and oxygen atoms in total. The van der Waals surface area contributed by atoms with Crippen LogP contribution in [0.25, 0.3) is 0 Å². The minimum Gasteiger partial charge on any atom is -0.493 e. The lowest BCUT2D eigenvalue weighted by molar-refractivity contribution is -0.116. The first-order valence-corrected chi connectivity index (χ1v) is 6.77. The summed E-state index contributed by atoms with van der Waals surface area (Å²) < 4.78 is 11.1. The fraction of sp³-hybridized carbons (Fsp3) is 0.462. The van der Waals surface area contributed by atoms with Crippen molar-refractivity contribution in [1.29, 1.82) is 0 Å². The monoisotopic (exact) mass is 366 g/mol. The van der Waals surface area contributed by atoms with Crippen LogP contribution in [0.5, 0.6) is 11.5 Å². The highest BCUT2D eigenvalue weighted by Crippen LogP contribution is 2.36. The Morgan fingerprint density at radius 3 is 2.40 bits per heavy atom. The maximum absolute atomic E-state index is 11.8. The molecule has 0 aliphatic heterocycles. The third-order valence-electron chi connectivity index (χ3n) is 2.58. The smallest absolute Gasteiger partial charge is 0.224 e. The SMILES string of the molecule is CNCCCC(=O)Nc1cc(OC)c(OC)cc1Br.Cl. The van der Waals surface area contributed by atoms with E-state index in [2.05, 4.69) is 26.6 Å². The number of hydrogen-bond donors (Lipinski definition) is 2. The highest BCUT2D eigenvalue weighted by molar-refractivity contribution is 9.10. The fourth-order valence-electron chi connectivity index (χ4n) is 1.59. The van der Waals surface area contributed by atoms with E-state index in [0.29, 0.717) is 23.6 Å². The van der Waals surface area contributed by atoms with Crippen LogP contribution in [0, 0.1) is 0 Å². The number of benzene rings is 1. The van der Waals surface area contributed by atoms with Crippen molar-refractivity contribution in [3.8, 4) is 11.5 Å². The molecule has 0 saturated carbocycles. The van der Waals surface area contributed by atoms with Gasteiger partial charge in [0.15, 0.2) is 11.5 Å². The normalized spacial score (nSPS) is 9.60. The third kappa shape index (κ3) is 5.56. The average molecular weight is 368 g/mol. The largest absolute Gasteiger partial charge is 0.493 e. The van der Waals surface area contributed by atoms with Crippen LogP contribution in [0.15, 0.2) is 16.6 Å². The van der Waals surface area contributed by atoms with Gasteiger partial charge in [-0.15, -0.1) is 12.4 Å². The van der Waals surface area contributed by atoms with Crippen LogP contribution in [0.1, 0.15) is 12.8 Å². The van der Waals surface area contributed by atoms with Crippen LogP contribution in [0.3, 0.4) is 0 Å². The van der Waals surface area contributed by atoms with Gasteiger partial charge in [0.25, 0.3) is 0 Å². The van der Waals surface area contributed by atoms with Crippen LogP contribution in [0.2, 0.25) is 0 Å². The number of nitrogens with one attached hydrogen (secondary N) is 2. The number of carbonyl (C=O) groups excluding carboxylic acids is 1. The van der Waals surface area contributed by atoms with Crippen LogP contribution < -0.4 is 20.1 Å². The molecule has 0 saturated heterocycles. The molecular formula is C13H20BrClN2O3. The Bertz CT molecular complexity index is 444. The predicted molar refractivity (Wildman–Crippen MR) is 86.3 cm³/mol. The van der Waals surface area contributed by atoms with Crippen molar-refractivity contribution in [3.05, 3.63) is 16.6 Å². The van der Waals surface area contributed by atoms with E-state index in [-0.39, 0.29) is 18.3 Å². The molecule has 1 amide bonds. The maximum atomic E-state index is 11.8. The van der Waals surface area contributed by atoms with Gasteiger partial charge in [0, 0.05) is 23.0 Å². The van der Waals surface area contributed by atoms with E-state index < -0.39 is 0 Å². The fourth-order valence-corrected chi connectivity index (χ4v) is 2.01. The zero-order chi connectivity index (χ0) is 14.3. The second kappa shape index (κ2) is 9.85. The van der Waals surface area contributed by atoms with Gasteiger partial charge in [0.1, 0.15) is 0 Å². The van der Waals surface area contributed by atoms with E-state index in [0.717, 1.165) is 17.4 Å². The molecule has 114 valence electrons. The van der Waals surface area contributed by atoms with Crippen molar-refractivity contribution in [1.82, 2.24) is 5.32 Å². The number of hydrogen-bond acceptors (Lipinski definition) is 4. The van der Waals surface area contributed by atoms with E-state index in [4.69, 9.17) is 9.47 Å². The number of anilines is 1. The molecule has 0 spiro atoms. The van der Waals surface area contributed by atoms with Gasteiger partial charge >= 0.3 is 0 Å². The second-order valence-corrected chi connectivity index (χ2v) is 4.80. The Morgan fingerprint density at radius 2 is 1.85 bits per heavy atom. The van der Waals surface area contributed by atoms with Crippen molar-refractivity contribution in [2.24, 2.45) is 0 Å². The van der Waals surface area contributed by atoms with Crippen LogP contribution in [-0.4, -0.2) is 33.7 Å². The lowest BCUT2D eigenvalue weighted by Crippen LogP contribution is -2.15. The second-order valence-electron chi connectivity index (χ2n) is 3.94. The van der Waals surface area contributed by atoms with Gasteiger partial charge in [0.2, 0.25) is 5.91 Å². The molecule has 0 fully saturated rings. The molecule has 0 aliphatic rings. The summed E-state index contributed by atoms with van der Waals surface area (Å²) in [6, 6.07) is 3.50. The first kappa shape index (κ1) is 19.0. The molecule has 20 heavy (non-hydrogen) atoms. The third-order valence-corrected chi connectivity index (χ3v) is 3.23. The number of rotatable bonds is 7. The Labute approximate surface area is 133 Å². The average Bonchev–Trinajstić information content (AvgIpc) is 2.40. The molecule has 1 aromatic rings. The Morgan fingerprint density at radius 1 is 1.25 bits per heavy atom. The summed E-state index contributed by atoms with van der Waals surface area (Å²) in [7, 11) is 4.99. The molecule has 7 heteroatoms. The number of methoxy groups -OCH3 is 2. The lowest BCUT2D eigenvalue weighted by Gasteiger charge is -2.12. The van der Waals surface area contributed by atoms with Gasteiger partial charge in [-0.3, -0.25) is 4.79 Å². The van der Waals surface area contributed by atoms with E-state index in [1.807, 2.05) is 7.05 Å². The van der Waals surface area contributed by atoms with Crippen LogP contribution in [-0.2, 0) is 4.79 Å². The quantitative estimate of drug-likeness (QED) is 0.728. The van der Waals surface area contributed by atoms with Gasteiger partial charge in [-0.1, -0.05) is 0 Å². The Hall–Kier alpha value is -0.980. The van der Waals surface area contributed by atoms with Gasteiger partial charge in [0.05, 0.1) is 19.9 Å². The standard InChI is InChI=1S/C13H19BrN2O3.ClH/c1-15-6-4-5-13(17)16-10-8-12(19-3)11(18-2)7-9(10)14;/h7-8,15H,4-6H2,1-3H3,(H,16,17);1H. The Kier molecular flexibility index (Phi) is 9.37. The summed E-state index contributed by atoms with van der Waals surface area (Å²) in [6.45, 7) is 0.820. The van der Waals surface area contributed by atoms with E-state index in [1.165, 1.54) is 0 Å². The molecule has 0 aromatic heterocycles. The zero-order valence-electron chi connectivity index (χ0n) is 11.8. The minimum atomic E-state index is -0.0248. The molecule has 0 atom stereocenters. The van der Waals surface area contributed by atoms with Crippen molar-refractivity contribution in [2.75, 3.05) is 33.1 Å². The topological polar surface area (TPSA) is 59.6 Å². The number of amides is 1. The van der Waals surface area contributed by atoms with Gasteiger partial charge < -0.3 is 20.1 Å². The molecule has 0 aliphatic carbocycles. The number of ether oxygens (including phenoxy) is 2. The highest BCUT2D eigenvalue weighted by Gasteiger charge is 2.11. The molecule has 1 aromatic carbocycles. The van der Waals surface area contributed by atoms with Crippen LogP contribution >= 0.6 is 28.3 Å². The van der Waals surface area contributed by atoms with Gasteiger partial charge in [-0.05, 0) is 35.9 Å². The summed E-state index contributed by atoms with van der Waals surface area (Å²) in [6.07, 6.45) is 1.27. The maximum Gasteiger partial charge on any atom is 0.224 e. The zero-order valence-corrected chi connectivity index (χ0v) is 14.2. The molecular weight excluding hydrogens is 348 g/mol. The predicted octanol–water partition coefficient (Wildman–Crippen LogP) is 2.83. The van der Waals surface area contributed by atoms with E-state index in [1.54, 1.807) is 26.4 Å². The number of halogens is 2. The molecule has 0 unspecified atom stereocenters. The van der Waals surface area contributed by atoms with E-state index in [9.17, 15) is 4.79 Å². The Balaban J connectivity index is 0.00000361. The van der Waals surface area contributed by atoms with E-state index >= 15 is 0 Å². The molecule has 1 rings (SSSR count). The molecule has 0 bridgehead atoms. The summed E-state index contributed by atoms with van der Waals surface area (Å²) in [5, 5.41) is 5.85. The van der Waals surface area contributed by atoms with Crippen molar-refractivity contribution in [2.45, 2.75) is 12.8 Å². The van der Waals surface area contributed by atoms with Crippen LogP contribution in [0.4, 0.5) is 5.69 Å². The lowest BCUT2D eigenvalue weighted by atomic mass is 10.2. The van der Waals surface area contributed by atoms with Crippen molar-refractivity contribution >= 4 is 39.9 Å². The van der Waals surface area contributed by atoms with Crippen molar-refractivity contribution in [3.63, 3.8) is 0 Å². The molecule has 0 radical (unpaired) electrons. The first-order chi connectivity index (χ1) is 9.12. The van der Waals surface area contributed by atoms with Crippen molar-refractivity contribution < 1.29 is 14.3 Å². The summed E-state index contributed by atoms with van der Waals surface area (Å²) in [5.74, 6) is 1.17. The molecule has 0 heterocycles. The molecule has 2 N–H and O–H groups in total. The summed E-state index contributed by atoms with van der Waals surface area (Å²) in [5.41, 5.74) is 0.673. The minimum absolute atomic E-state index is 0. The number of carbonyl (C=O) groups is 1.